The molecule has 0 spiro atoms. The Morgan fingerprint density at radius 2 is 1.42 bits per heavy atom. The second-order valence-electron chi connectivity index (χ2n) is 7.33. The Balaban J connectivity index is 2.47. The van der Waals surface area contributed by atoms with Crippen LogP contribution in [0.4, 0.5) is 0 Å². The minimum atomic E-state index is -0.985. The van der Waals surface area contributed by atoms with Gasteiger partial charge in [0, 0.05) is 17.6 Å². The predicted octanol–water partition coefficient (Wildman–Crippen LogP) is 0.0116. The molecular weight excluding hydrogens is 412 g/mol. The smallest absolute Gasteiger partial charge is 0.330 e. The average Bonchev–Trinajstić information content (AvgIpc) is 3.59. The number of carbonyl (C=O) groups is 2. The van der Waals surface area contributed by atoms with Crippen LogP contribution in [-0.2, 0) is 38.0 Å². The van der Waals surface area contributed by atoms with E-state index in [0.29, 0.717) is 26.2 Å². The summed E-state index contributed by atoms with van der Waals surface area (Å²) in [5, 5.41) is 19.8. The van der Waals surface area contributed by atoms with Crippen LogP contribution in [0.2, 0.25) is 0 Å². The topological polar surface area (TPSA) is 133 Å². The molecule has 0 radical (unpaired) electrons. The number of aliphatic hydroxyl groups is 2. The molecule has 0 saturated carbocycles. The van der Waals surface area contributed by atoms with Gasteiger partial charge in [-0.05, 0) is 6.42 Å². The first-order chi connectivity index (χ1) is 14.8. The number of hydrogen-bond acceptors (Lipinski definition) is 10. The Bertz CT molecular complexity index is 524. The van der Waals surface area contributed by atoms with E-state index in [-0.39, 0.29) is 45.7 Å². The van der Waals surface area contributed by atoms with Gasteiger partial charge in [-0.2, -0.15) is 0 Å². The lowest BCUT2D eigenvalue weighted by Gasteiger charge is -2.32. The summed E-state index contributed by atoms with van der Waals surface area (Å²) in [6.07, 6.45) is 0.811. The minimum Gasteiger partial charge on any atom is -0.460 e. The SMILES string of the molecule is C=CC(=O)OCC(O)COCC(CC)(COCC(O)COC(=O)C=C)COCC1CO1. The van der Waals surface area contributed by atoms with Crippen molar-refractivity contribution < 1.29 is 48.2 Å². The van der Waals surface area contributed by atoms with Gasteiger partial charge in [0.1, 0.15) is 31.5 Å². The zero-order valence-corrected chi connectivity index (χ0v) is 18.0. The molecule has 1 heterocycles. The second kappa shape index (κ2) is 15.1. The van der Waals surface area contributed by atoms with Crippen LogP contribution >= 0.6 is 0 Å². The van der Waals surface area contributed by atoms with Crippen molar-refractivity contribution in [2.75, 3.05) is 59.5 Å². The molecule has 1 aliphatic heterocycles. The highest BCUT2D eigenvalue weighted by atomic mass is 16.6. The van der Waals surface area contributed by atoms with Gasteiger partial charge in [0.05, 0.1) is 46.2 Å². The Morgan fingerprint density at radius 1 is 0.968 bits per heavy atom. The normalized spacial score (nSPS) is 19.0. The molecule has 0 aromatic rings. The lowest BCUT2D eigenvalue weighted by atomic mass is 9.88. The van der Waals surface area contributed by atoms with Gasteiger partial charge in [-0.15, -0.1) is 0 Å². The summed E-state index contributed by atoms with van der Waals surface area (Å²) in [5.74, 6) is -1.24. The largest absolute Gasteiger partial charge is 0.460 e. The van der Waals surface area contributed by atoms with Crippen molar-refractivity contribution in [1.82, 2.24) is 0 Å². The van der Waals surface area contributed by atoms with E-state index in [1.54, 1.807) is 0 Å². The Labute approximate surface area is 182 Å². The first-order valence-electron chi connectivity index (χ1n) is 10.1. The van der Waals surface area contributed by atoms with E-state index in [9.17, 15) is 19.8 Å². The van der Waals surface area contributed by atoms with Crippen LogP contribution in [0, 0.1) is 5.41 Å². The third kappa shape index (κ3) is 12.6. The monoisotopic (exact) mass is 446 g/mol. The fraction of sp³-hybridized carbons (Fsp3) is 0.714. The maximum absolute atomic E-state index is 11.1. The number of epoxide rings is 1. The van der Waals surface area contributed by atoms with Crippen LogP contribution in [0.25, 0.3) is 0 Å². The minimum absolute atomic E-state index is 0.0436. The highest BCUT2D eigenvalue weighted by Crippen LogP contribution is 2.25. The van der Waals surface area contributed by atoms with Gasteiger partial charge in [0.2, 0.25) is 0 Å². The highest BCUT2D eigenvalue weighted by Gasteiger charge is 2.32. The van der Waals surface area contributed by atoms with Crippen molar-refractivity contribution in [2.24, 2.45) is 5.41 Å². The third-order valence-corrected chi connectivity index (χ3v) is 4.47. The molecular formula is C21H34O10. The molecule has 0 aromatic carbocycles. The lowest BCUT2D eigenvalue weighted by Crippen LogP contribution is -2.39. The van der Waals surface area contributed by atoms with Crippen LogP contribution in [0.15, 0.2) is 25.3 Å². The van der Waals surface area contributed by atoms with Gasteiger partial charge in [-0.25, -0.2) is 9.59 Å². The van der Waals surface area contributed by atoms with E-state index in [1.165, 1.54) is 0 Å². The van der Waals surface area contributed by atoms with Crippen LogP contribution < -0.4 is 0 Å². The van der Waals surface area contributed by atoms with Crippen molar-refractivity contribution in [1.29, 1.82) is 0 Å². The Kier molecular flexibility index (Phi) is 13.2. The maximum Gasteiger partial charge on any atom is 0.330 e. The van der Waals surface area contributed by atoms with Gasteiger partial charge >= 0.3 is 11.9 Å². The molecule has 0 aliphatic carbocycles. The van der Waals surface area contributed by atoms with E-state index >= 15 is 0 Å². The molecule has 1 aliphatic rings. The first-order valence-corrected chi connectivity index (χ1v) is 10.1. The van der Waals surface area contributed by atoms with Gasteiger partial charge < -0.3 is 38.6 Å². The number of ether oxygens (including phenoxy) is 6. The second-order valence-corrected chi connectivity index (χ2v) is 7.33. The van der Waals surface area contributed by atoms with Crippen molar-refractivity contribution in [3.8, 4) is 0 Å². The summed E-state index contributed by atoms with van der Waals surface area (Å²) in [7, 11) is 0. The van der Waals surface area contributed by atoms with Gasteiger partial charge in [0.25, 0.3) is 0 Å². The quantitative estimate of drug-likeness (QED) is 0.159. The number of esters is 2. The number of hydrogen-bond donors (Lipinski definition) is 2. The standard InChI is InChI=1S/C21H34O10/c1-4-19(24)30-9-16(22)7-26-13-21(6-3,15-28-11-18-12-29-18)14-27-8-17(23)10-31-20(25)5-2/h4-5,16-18,22-23H,1-2,6-15H2,3H3. The molecule has 178 valence electrons. The fourth-order valence-corrected chi connectivity index (χ4v) is 2.40. The molecule has 2 N–H and O–H groups in total. The summed E-state index contributed by atoms with van der Waals surface area (Å²) in [6, 6.07) is 0. The molecule has 10 heteroatoms. The van der Waals surface area contributed by atoms with E-state index in [1.807, 2.05) is 6.92 Å². The molecule has 31 heavy (non-hydrogen) atoms. The zero-order chi connectivity index (χ0) is 23.1. The molecule has 3 unspecified atom stereocenters. The van der Waals surface area contributed by atoms with Crippen LogP contribution in [-0.4, -0.2) is 99.9 Å². The molecule has 1 saturated heterocycles. The molecule has 1 fully saturated rings. The number of aliphatic hydroxyl groups excluding tert-OH is 2. The van der Waals surface area contributed by atoms with Crippen molar-refractivity contribution >= 4 is 11.9 Å². The summed E-state index contributed by atoms with van der Waals surface area (Å²) in [5.41, 5.74) is -0.538. The lowest BCUT2D eigenvalue weighted by molar-refractivity contribution is -0.143. The van der Waals surface area contributed by atoms with Crippen molar-refractivity contribution in [2.45, 2.75) is 31.7 Å². The summed E-state index contributed by atoms with van der Waals surface area (Å²) in [6.45, 7) is 9.91. The summed E-state index contributed by atoms with van der Waals surface area (Å²) >= 11 is 0. The summed E-state index contributed by atoms with van der Waals surface area (Å²) < 4.78 is 31.7. The molecule has 3 atom stereocenters. The Hall–Kier alpha value is -1.82. The van der Waals surface area contributed by atoms with Gasteiger partial charge in [0.15, 0.2) is 0 Å². The molecule has 10 nitrogen and oxygen atoms in total. The molecule has 0 amide bonds. The Morgan fingerprint density at radius 3 is 1.81 bits per heavy atom. The zero-order valence-electron chi connectivity index (χ0n) is 18.0. The molecule has 1 rings (SSSR count). The van der Waals surface area contributed by atoms with Gasteiger partial charge in [-0.1, -0.05) is 20.1 Å². The van der Waals surface area contributed by atoms with Gasteiger partial charge in [-0.3, -0.25) is 0 Å². The van der Waals surface area contributed by atoms with Crippen molar-refractivity contribution in [3.05, 3.63) is 25.3 Å². The predicted molar refractivity (Wildman–Crippen MR) is 109 cm³/mol. The third-order valence-electron chi connectivity index (χ3n) is 4.47. The van der Waals surface area contributed by atoms with E-state index in [4.69, 9.17) is 28.4 Å². The average molecular weight is 446 g/mol. The highest BCUT2D eigenvalue weighted by molar-refractivity contribution is 5.81. The summed E-state index contributed by atoms with van der Waals surface area (Å²) in [4.78, 5) is 22.1. The first kappa shape index (κ1) is 27.2. The molecule has 0 aromatic heterocycles. The molecule has 0 bridgehead atoms. The fourth-order valence-electron chi connectivity index (χ4n) is 2.40. The number of rotatable bonds is 19. The van der Waals surface area contributed by atoms with Crippen LogP contribution in [0.3, 0.4) is 0 Å². The number of carbonyl (C=O) groups excluding carboxylic acids is 2. The van der Waals surface area contributed by atoms with E-state index in [0.717, 1.165) is 12.2 Å². The van der Waals surface area contributed by atoms with E-state index < -0.39 is 29.6 Å². The maximum atomic E-state index is 11.1. The van der Waals surface area contributed by atoms with E-state index in [2.05, 4.69) is 13.2 Å². The van der Waals surface area contributed by atoms with Crippen molar-refractivity contribution in [3.63, 3.8) is 0 Å². The van der Waals surface area contributed by atoms with Crippen LogP contribution in [0.1, 0.15) is 13.3 Å². The van der Waals surface area contributed by atoms with Crippen LogP contribution in [0.5, 0.6) is 0 Å².